The number of piperazine rings is 1. The SMILES string of the molecule is CC(Cc1cccc(F)c1)C(=O)N1CCN(c2cncc3ccccc23)CC1. The van der Waals surface area contributed by atoms with E-state index in [0.29, 0.717) is 19.5 Å². The third-order valence-electron chi connectivity index (χ3n) is 5.43. The van der Waals surface area contributed by atoms with Crippen LogP contribution < -0.4 is 4.90 Å². The Bertz CT molecular complexity index is 977. The maximum Gasteiger partial charge on any atom is 0.225 e. The molecule has 0 aliphatic carbocycles. The number of halogens is 1. The lowest BCUT2D eigenvalue weighted by molar-refractivity contribution is -0.135. The van der Waals surface area contributed by atoms with Gasteiger partial charge >= 0.3 is 0 Å². The first-order valence-electron chi connectivity index (χ1n) is 9.73. The highest BCUT2D eigenvalue weighted by atomic mass is 19.1. The number of nitrogens with zero attached hydrogens (tertiary/aromatic N) is 3. The molecule has 0 saturated carbocycles. The largest absolute Gasteiger partial charge is 0.366 e. The summed E-state index contributed by atoms with van der Waals surface area (Å²) in [7, 11) is 0. The van der Waals surface area contributed by atoms with Crippen molar-refractivity contribution in [3.05, 3.63) is 72.3 Å². The van der Waals surface area contributed by atoms with Crippen molar-refractivity contribution in [2.24, 2.45) is 5.92 Å². The van der Waals surface area contributed by atoms with E-state index in [1.165, 1.54) is 17.5 Å². The van der Waals surface area contributed by atoms with Crippen LogP contribution in [0, 0.1) is 11.7 Å². The average Bonchev–Trinajstić information content (AvgIpc) is 2.73. The van der Waals surface area contributed by atoms with Gasteiger partial charge in [-0.2, -0.15) is 0 Å². The van der Waals surface area contributed by atoms with Gasteiger partial charge in [0.05, 0.1) is 11.9 Å². The number of rotatable bonds is 4. The summed E-state index contributed by atoms with van der Waals surface area (Å²) in [6, 6.07) is 14.7. The summed E-state index contributed by atoms with van der Waals surface area (Å²) in [6.07, 6.45) is 4.35. The molecule has 4 nitrogen and oxygen atoms in total. The van der Waals surface area contributed by atoms with Gasteiger partial charge < -0.3 is 9.80 Å². The van der Waals surface area contributed by atoms with E-state index in [4.69, 9.17) is 0 Å². The lowest BCUT2D eigenvalue weighted by Gasteiger charge is -2.37. The molecule has 4 rings (SSSR count). The molecule has 1 amide bonds. The Labute approximate surface area is 164 Å². The van der Waals surface area contributed by atoms with Crippen molar-refractivity contribution in [3.8, 4) is 0 Å². The molecule has 1 aliphatic rings. The van der Waals surface area contributed by atoms with Gasteiger partial charge in [0.25, 0.3) is 0 Å². The number of hydrogen-bond donors (Lipinski definition) is 0. The van der Waals surface area contributed by atoms with Crippen LogP contribution in [0.1, 0.15) is 12.5 Å². The van der Waals surface area contributed by atoms with Crippen molar-refractivity contribution < 1.29 is 9.18 Å². The van der Waals surface area contributed by atoms with Gasteiger partial charge in [0.1, 0.15) is 5.82 Å². The summed E-state index contributed by atoms with van der Waals surface area (Å²) in [4.78, 5) is 21.4. The lowest BCUT2D eigenvalue weighted by atomic mass is 9.99. The summed E-state index contributed by atoms with van der Waals surface area (Å²) in [5.74, 6) is -0.276. The molecular formula is C23H24FN3O. The second-order valence-electron chi connectivity index (χ2n) is 7.43. The Morgan fingerprint density at radius 1 is 1.07 bits per heavy atom. The molecule has 1 atom stereocenters. The maximum absolute atomic E-state index is 13.4. The minimum Gasteiger partial charge on any atom is -0.366 e. The Hall–Kier alpha value is -2.95. The maximum atomic E-state index is 13.4. The zero-order valence-corrected chi connectivity index (χ0v) is 16.0. The molecule has 1 saturated heterocycles. The quantitative estimate of drug-likeness (QED) is 0.692. The molecule has 0 radical (unpaired) electrons. The summed E-state index contributed by atoms with van der Waals surface area (Å²) in [5, 5.41) is 2.32. The van der Waals surface area contributed by atoms with E-state index in [-0.39, 0.29) is 17.6 Å². The molecule has 5 heteroatoms. The fraction of sp³-hybridized carbons (Fsp3) is 0.304. The van der Waals surface area contributed by atoms with Crippen molar-refractivity contribution in [1.82, 2.24) is 9.88 Å². The third-order valence-corrected chi connectivity index (χ3v) is 5.43. The van der Waals surface area contributed by atoms with E-state index in [1.54, 1.807) is 6.07 Å². The first kappa shape index (κ1) is 18.4. The molecule has 1 aromatic heterocycles. The fourth-order valence-corrected chi connectivity index (χ4v) is 3.94. The molecule has 2 aromatic carbocycles. The number of benzene rings is 2. The van der Waals surface area contributed by atoms with Crippen molar-refractivity contribution >= 4 is 22.4 Å². The van der Waals surface area contributed by atoms with Crippen LogP contribution in [0.2, 0.25) is 0 Å². The van der Waals surface area contributed by atoms with Crippen molar-refractivity contribution in [2.45, 2.75) is 13.3 Å². The first-order valence-corrected chi connectivity index (χ1v) is 9.73. The molecular weight excluding hydrogens is 353 g/mol. The van der Waals surface area contributed by atoms with Crippen LogP contribution in [0.5, 0.6) is 0 Å². The highest BCUT2D eigenvalue weighted by molar-refractivity contribution is 5.93. The molecule has 2 heterocycles. The summed E-state index contributed by atoms with van der Waals surface area (Å²) < 4.78 is 13.4. The summed E-state index contributed by atoms with van der Waals surface area (Å²) in [5.41, 5.74) is 1.99. The zero-order valence-electron chi connectivity index (χ0n) is 16.0. The van der Waals surface area contributed by atoms with Crippen LogP contribution in [0.4, 0.5) is 10.1 Å². The minimum atomic E-state index is -0.255. The highest BCUT2D eigenvalue weighted by Crippen LogP contribution is 2.26. The zero-order chi connectivity index (χ0) is 19.5. The molecule has 3 aromatic rings. The molecule has 0 spiro atoms. The van der Waals surface area contributed by atoms with Gasteiger partial charge in [-0.05, 0) is 24.1 Å². The standard InChI is InChI=1S/C23H24FN3O/c1-17(13-18-5-4-7-20(24)14-18)23(28)27-11-9-26(10-12-27)22-16-25-15-19-6-2-3-8-21(19)22/h2-8,14-17H,9-13H2,1H3. The van der Waals surface area contributed by atoms with Crippen LogP contribution >= 0.6 is 0 Å². The number of carbonyl (C=O) groups is 1. The van der Waals surface area contributed by atoms with E-state index in [2.05, 4.69) is 22.0 Å². The van der Waals surface area contributed by atoms with Crippen LogP contribution in [-0.2, 0) is 11.2 Å². The van der Waals surface area contributed by atoms with Crippen LogP contribution in [0.3, 0.4) is 0 Å². The number of aromatic nitrogens is 1. The van der Waals surface area contributed by atoms with E-state index >= 15 is 0 Å². The average molecular weight is 377 g/mol. The van der Waals surface area contributed by atoms with Gasteiger partial charge in [-0.15, -0.1) is 0 Å². The number of amides is 1. The number of hydrogen-bond acceptors (Lipinski definition) is 3. The van der Waals surface area contributed by atoms with Crippen LogP contribution in [0.15, 0.2) is 60.9 Å². The predicted molar refractivity (Wildman–Crippen MR) is 110 cm³/mol. The Morgan fingerprint density at radius 2 is 1.86 bits per heavy atom. The molecule has 1 aliphatic heterocycles. The summed E-state index contributed by atoms with van der Waals surface area (Å²) in [6.45, 7) is 4.88. The van der Waals surface area contributed by atoms with Crippen LogP contribution in [-0.4, -0.2) is 42.0 Å². The van der Waals surface area contributed by atoms with Crippen molar-refractivity contribution in [1.29, 1.82) is 0 Å². The van der Waals surface area contributed by atoms with Gasteiger partial charge in [0.2, 0.25) is 5.91 Å². The molecule has 144 valence electrons. The molecule has 1 fully saturated rings. The minimum absolute atomic E-state index is 0.139. The number of carbonyl (C=O) groups excluding carboxylic acids is 1. The monoisotopic (exact) mass is 377 g/mol. The highest BCUT2D eigenvalue weighted by Gasteiger charge is 2.25. The van der Waals surface area contributed by atoms with E-state index in [1.807, 2.05) is 42.4 Å². The first-order chi connectivity index (χ1) is 13.6. The number of pyridine rings is 1. The topological polar surface area (TPSA) is 36.4 Å². The van der Waals surface area contributed by atoms with E-state index < -0.39 is 0 Å². The Morgan fingerprint density at radius 3 is 2.64 bits per heavy atom. The second-order valence-corrected chi connectivity index (χ2v) is 7.43. The molecule has 1 unspecified atom stereocenters. The second kappa shape index (κ2) is 7.97. The number of fused-ring (bicyclic) bond motifs is 1. The van der Waals surface area contributed by atoms with E-state index in [0.717, 1.165) is 29.7 Å². The molecule has 0 N–H and O–H groups in total. The summed E-state index contributed by atoms with van der Waals surface area (Å²) >= 11 is 0. The fourth-order valence-electron chi connectivity index (χ4n) is 3.94. The van der Waals surface area contributed by atoms with Gasteiger partial charge in [0, 0.05) is 49.1 Å². The van der Waals surface area contributed by atoms with Gasteiger partial charge in [-0.3, -0.25) is 9.78 Å². The Balaban J connectivity index is 1.40. The normalized spacial score (nSPS) is 15.6. The number of anilines is 1. The predicted octanol–water partition coefficient (Wildman–Crippen LogP) is 3.90. The molecule has 0 bridgehead atoms. The van der Waals surface area contributed by atoms with Gasteiger partial charge in [0.15, 0.2) is 0 Å². The van der Waals surface area contributed by atoms with Crippen LogP contribution in [0.25, 0.3) is 10.8 Å². The van der Waals surface area contributed by atoms with Crippen molar-refractivity contribution in [3.63, 3.8) is 0 Å². The third kappa shape index (κ3) is 3.84. The van der Waals surface area contributed by atoms with Crippen molar-refractivity contribution in [2.75, 3.05) is 31.1 Å². The Kier molecular flexibility index (Phi) is 5.24. The van der Waals surface area contributed by atoms with Gasteiger partial charge in [-0.1, -0.05) is 43.3 Å². The van der Waals surface area contributed by atoms with E-state index in [9.17, 15) is 9.18 Å². The smallest absolute Gasteiger partial charge is 0.225 e. The lowest BCUT2D eigenvalue weighted by Crippen LogP contribution is -2.50. The molecule has 28 heavy (non-hydrogen) atoms. The van der Waals surface area contributed by atoms with Gasteiger partial charge in [-0.25, -0.2) is 4.39 Å².